The summed E-state index contributed by atoms with van der Waals surface area (Å²) in [6.07, 6.45) is 5.07. The summed E-state index contributed by atoms with van der Waals surface area (Å²) in [5.41, 5.74) is 0.133. The Hall–Kier alpha value is -0.0800. The van der Waals surface area contributed by atoms with E-state index in [2.05, 4.69) is 32.7 Å². The lowest BCUT2D eigenvalue weighted by atomic mass is 9.87. The number of rotatable bonds is 4. The summed E-state index contributed by atoms with van der Waals surface area (Å²) in [5, 5.41) is 10.3. The van der Waals surface area contributed by atoms with Crippen molar-refractivity contribution in [3.05, 3.63) is 0 Å². The van der Waals surface area contributed by atoms with Crippen LogP contribution in [-0.2, 0) is 0 Å². The van der Waals surface area contributed by atoms with Crippen LogP contribution in [0.5, 0.6) is 0 Å². The molecular weight excluding hydrogens is 198 g/mol. The average molecular weight is 225 g/mol. The van der Waals surface area contributed by atoms with Crippen LogP contribution in [0.3, 0.4) is 0 Å². The van der Waals surface area contributed by atoms with Crippen LogP contribution < -0.4 is 0 Å². The minimum Gasteiger partial charge on any atom is -0.392 e. The van der Waals surface area contributed by atoms with Crippen molar-refractivity contribution in [2.75, 3.05) is 13.6 Å². The van der Waals surface area contributed by atoms with E-state index in [4.69, 9.17) is 0 Å². The van der Waals surface area contributed by atoms with Gasteiger partial charge >= 0.3 is 0 Å². The van der Waals surface area contributed by atoms with Crippen molar-refractivity contribution >= 4 is 0 Å². The molecule has 0 aliphatic heterocycles. The minimum atomic E-state index is -0.110. The highest BCUT2D eigenvalue weighted by Gasteiger charge is 2.42. The molecule has 0 aromatic carbocycles. The Labute approximate surface area is 100 Å². The number of aliphatic hydroxyl groups excluding tert-OH is 1. The SMILES string of the molecule is CC(C1CC1)N(C)CC1CCC(C)(C)C1O. The van der Waals surface area contributed by atoms with E-state index < -0.39 is 0 Å². The zero-order chi connectivity index (χ0) is 11.9. The third kappa shape index (κ3) is 2.43. The van der Waals surface area contributed by atoms with E-state index >= 15 is 0 Å². The summed E-state index contributed by atoms with van der Waals surface area (Å²) < 4.78 is 0. The molecular formula is C14H27NO. The highest BCUT2D eigenvalue weighted by atomic mass is 16.3. The Kier molecular flexibility index (Phi) is 3.33. The molecule has 2 aliphatic carbocycles. The second-order valence-corrected chi connectivity index (χ2v) is 6.75. The molecule has 0 amide bonds. The van der Waals surface area contributed by atoms with Crippen LogP contribution in [0.25, 0.3) is 0 Å². The normalized spacial score (nSPS) is 35.6. The first kappa shape index (κ1) is 12.4. The third-order valence-electron chi connectivity index (χ3n) is 4.93. The largest absolute Gasteiger partial charge is 0.392 e. The fourth-order valence-corrected chi connectivity index (χ4v) is 3.17. The van der Waals surface area contributed by atoms with Crippen molar-refractivity contribution in [3.8, 4) is 0 Å². The van der Waals surface area contributed by atoms with E-state index in [1.807, 2.05) is 0 Å². The lowest BCUT2D eigenvalue weighted by molar-refractivity contribution is 0.0304. The van der Waals surface area contributed by atoms with Gasteiger partial charge < -0.3 is 10.0 Å². The van der Waals surface area contributed by atoms with Crippen LogP contribution in [0, 0.1) is 17.3 Å². The topological polar surface area (TPSA) is 23.5 Å². The first-order chi connectivity index (χ1) is 7.42. The van der Waals surface area contributed by atoms with Gasteiger partial charge in [0.2, 0.25) is 0 Å². The molecule has 3 atom stereocenters. The Morgan fingerprint density at radius 1 is 1.31 bits per heavy atom. The van der Waals surface area contributed by atoms with Crippen molar-refractivity contribution in [2.24, 2.45) is 17.3 Å². The van der Waals surface area contributed by atoms with Gasteiger partial charge in [0.1, 0.15) is 0 Å². The molecule has 1 N–H and O–H groups in total. The molecule has 0 heterocycles. The molecule has 16 heavy (non-hydrogen) atoms. The van der Waals surface area contributed by atoms with E-state index in [0.29, 0.717) is 12.0 Å². The summed E-state index contributed by atoms with van der Waals surface area (Å²) >= 11 is 0. The molecule has 0 radical (unpaired) electrons. The van der Waals surface area contributed by atoms with Crippen LogP contribution in [0.2, 0.25) is 0 Å². The summed E-state index contributed by atoms with van der Waals surface area (Å²) in [4.78, 5) is 2.47. The number of hydrogen-bond acceptors (Lipinski definition) is 2. The Morgan fingerprint density at radius 2 is 1.94 bits per heavy atom. The van der Waals surface area contributed by atoms with E-state index in [-0.39, 0.29) is 11.5 Å². The zero-order valence-corrected chi connectivity index (χ0v) is 11.2. The molecule has 0 saturated heterocycles. The van der Waals surface area contributed by atoms with E-state index in [0.717, 1.165) is 12.5 Å². The van der Waals surface area contributed by atoms with Crippen molar-refractivity contribution in [2.45, 2.75) is 58.6 Å². The van der Waals surface area contributed by atoms with Gasteiger partial charge in [0.25, 0.3) is 0 Å². The quantitative estimate of drug-likeness (QED) is 0.794. The monoisotopic (exact) mass is 225 g/mol. The highest BCUT2D eigenvalue weighted by molar-refractivity contribution is 4.93. The van der Waals surface area contributed by atoms with Crippen LogP contribution in [-0.4, -0.2) is 35.7 Å². The number of aliphatic hydroxyl groups is 1. The number of nitrogens with zero attached hydrogens (tertiary/aromatic N) is 1. The van der Waals surface area contributed by atoms with Gasteiger partial charge in [-0.15, -0.1) is 0 Å². The molecule has 2 heteroatoms. The van der Waals surface area contributed by atoms with Gasteiger partial charge in [-0.3, -0.25) is 0 Å². The summed E-state index contributed by atoms with van der Waals surface area (Å²) in [5.74, 6) is 1.41. The maximum Gasteiger partial charge on any atom is 0.0631 e. The summed E-state index contributed by atoms with van der Waals surface area (Å²) in [6, 6.07) is 0.705. The van der Waals surface area contributed by atoms with Crippen molar-refractivity contribution in [1.29, 1.82) is 0 Å². The fraction of sp³-hybridized carbons (Fsp3) is 1.00. The van der Waals surface area contributed by atoms with E-state index in [9.17, 15) is 5.11 Å². The number of hydrogen-bond donors (Lipinski definition) is 1. The maximum absolute atomic E-state index is 10.3. The summed E-state index contributed by atoms with van der Waals surface area (Å²) in [7, 11) is 2.22. The molecule has 0 aromatic heterocycles. The molecule has 2 rings (SSSR count). The van der Waals surface area contributed by atoms with Crippen molar-refractivity contribution in [1.82, 2.24) is 4.90 Å². The molecule has 94 valence electrons. The average Bonchev–Trinajstić information content (AvgIpc) is 3.01. The molecule has 2 saturated carbocycles. The van der Waals surface area contributed by atoms with Gasteiger partial charge in [0.15, 0.2) is 0 Å². The van der Waals surface area contributed by atoms with Gasteiger partial charge in [-0.1, -0.05) is 13.8 Å². The lowest BCUT2D eigenvalue weighted by Crippen LogP contribution is -2.39. The van der Waals surface area contributed by atoms with Crippen LogP contribution >= 0.6 is 0 Å². The first-order valence-corrected chi connectivity index (χ1v) is 6.80. The maximum atomic E-state index is 10.3. The van der Waals surface area contributed by atoms with Crippen molar-refractivity contribution in [3.63, 3.8) is 0 Å². The van der Waals surface area contributed by atoms with E-state index in [1.165, 1.54) is 25.7 Å². The minimum absolute atomic E-state index is 0.110. The van der Waals surface area contributed by atoms with Crippen LogP contribution in [0.15, 0.2) is 0 Å². The molecule has 0 spiro atoms. The first-order valence-electron chi connectivity index (χ1n) is 6.80. The van der Waals surface area contributed by atoms with Gasteiger partial charge in [-0.25, -0.2) is 0 Å². The summed E-state index contributed by atoms with van der Waals surface area (Å²) in [6.45, 7) is 7.80. The molecule has 0 bridgehead atoms. The molecule has 2 aliphatic rings. The molecule has 3 unspecified atom stereocenters. The standard InChI is InChI=1S/C14H27NO/c1-10(11-5-6-11)15(4)9-12-7-8-14(2,3)13(12)16/h10-13,16H,5-9H2,1-4H3. The van der Waals surface area contributed by atoms with Crippen LogP contribution in [0.4, 0.5) is 0 Å². The predicted octanol–water partition coefficient (Wildman–Crippen LogP) is 2.51. The van der Waals surface area contributed by atoms with E-state index in [1.54, 1.807) is 0 Å². The fourth-order valence-electron chi connectivity index (χ4n) is 3.17. The van der Waals surface area contributed by atoms with Gasteiger partial charge in [-0.05, 0) is 56.9 Å². The predicted molar refractivity (Wildman–Crippen MR) is 67.3 cm³/mol. The molecule has 2 fully saturated rings. The smallest absolute Gasteiger partial charge is 0.0631 e. The molecule has 2 nitrogen and oxygen atoms in total. The second kappa shape index (κ2) is 4.30. The molecule has 0 aromatic rings. The van der Waals surface area contributed by atoms with Crippen molar-refractivity contribution < 1.29 is 5.11 Å². The Balaban J connectivity index is 1.85. The third-order valence-corrected chi connectivity index (χ3v) is 4.93. The highest BCUT2D eigenvalue weighted by Crippen LogP contribution is 2.42. The lowest BCUT2D eigenvalue weighted by Gasteiger charge is -2.31. The Bertz CT molecular complexity index is 247. The van der Waals surface area contributed by atoms with Gasteiger partial charge in [0.05, 0.1) is 6.10 Å². The zero-order valence-electron chi connectivity index (χ0n) is 11.2. The Morgan fingerprint density at radius 3 is 2.38 bits per heavy atom. The van der Waals surface area contributed by atoms with Crippen LogP contribution in [0.1, 0.15) is 46.5 Å². The van der Waals surface area contributed by atoms with Gasteiger partial charge in [0, 0.05) is 12.6 Å². The van der Waals surface area contributed by atoms with Gasteiger partial charge in [-0.2, -0.15) is 0 Å². The second-order valence-electron chi connectivity index (χ2n) is 6.75.